The largest absolute Gasteiger partial charge is 0.395 e. The molecule has 0 unspecified atom stereocenters. The molecule has 1 N–H and O–H groups in total. The van der Waals surface area contributed by atoms with E-state index in [0.29, 0.717) is 10.5 Å². The Morgan fingerprint density at radius 1 is 1.59 bits per heavy atom. The van der Waals surface area contributed by atoms with Gasteiger partial charge in [-0.25, -0.2) is 0 Å². The fourth-order valence-corrected chi connectivity index (χ4v) is 2.14. The van der Waals surface area contributed by atoms with Crippen molar-refractivity contribution in [3.8, 4) is 0 Å². The van der Waals surface area contributed by atoms with Gasteiger partial charge in [0.1, 0.15) is 0 Å². The van der Waals surface area contributed by atoms with Crippen LogP contribution in [0.25, 0.3) is 0 Å². The Morgan fingerprint density at radius 3 is 2.71 bits per heavy atom. The van der Waals surface area contributed by atoms with Gasteiger partial charge >= 0.3 is 0 Å². The first-order valence-electron chi connectivity index (χ1n) is 5.02. The molecule has 1 rings (SSSR count). The van der Waals surface area contributed by atoms with E-state index in [1.165, 1.54) is 24.8 Å². The summed E-state index contributed by atoms with van der Waals surface area (Å²) in [6.45, 7) is 3.08. The fraction of sp³-hybridized carbons (Fsp3) is 0.364. The summed E-state index contributed by atoms with van der Waals surface area (Å²) < 4.78 is 0. The van der Waals surface area contributed by atoms with E-state index in [0.717, 1.165) is 0 Å². The molecule has 1 aromatic rings. The zero-order valence-corrected chi connectivity index (χ0v) is 10.4. The van der Waals surface area contributed by atoms with Crippen LogP contribution in [-0.2, 0) is 0 Å². The zero-order valence-electron chi connectivity index (χ0n) is 9.54. The first-order chi connectivity index (χ1) is 7.95. The van der Waals surface area contributed by atoms with Crippen LogP contribution in [0.3, 0.4) is 0 Å². The number of aliphatic hydroxyl groups is 1. The molecular weight excluding hydrogens is 242 g/mol. The Morgan fingerprint density at radius 2 is 2.24 bits per heavy atom. The average Bonchev–Trinajstić information content (AvgIpc) is 2.28. The van der Waals surface area contributed by atoms with Crippen LogP contribution in [-0.4, -0.2) is 27.7 Å². The van der Waals surface area contributed by atoms with Gasteiger partial charge in [0.2, 0.25) is 0 Å². The van der Waals surface area contributed by atoms with Crippen molar-refractivity contribution in [2.45, 2.75) is 24.0 Å². The highest BCUT2D eigenvalue weighted by Gasteiger charge is 2.18. The first-order valence-corrected chi connectivity index (χ1v) is 5.90. The van der Waals surface area contributed by atoms with Crippen molar-refractivity contribution in [3.63, 3.8) is 0 Å². The van der Waals surface area contributed by atoms with E-state index in [9.17, 15) is 14.9 Å². The second-order valence-electron chi connectivity index (χ2n) is 3.61. The summed E-state index contributed by atoms with van der Waals surface area (Å²) in [4.78, 5) is 22.0. The number of ketones is 1. The predicted octanol–water partition coefficient (Wildman–Crippen LogP) is 2.27. The molecule has 0 heterocycles. The molecule has 0 radical (unpaired) electrons. The molecule has 0 aliphatic rings. The number of nitrogens with zero attached hydrogens (tertiary/aromatic N) is 1. The van der Waals surface area contributed by atoms with Crippen molar-refractivity contribution in [1.29, 1.82) is 0 Å². The number of hydrogen-bond acceptors (Lipinski definition) is 5. The SMILES string of the molecule is CC(=O)c1ccc(S[C@H](C)CO)c([N+](=O)[O-])c1. The molecule has 1 aromatic carbocycles. The lowest BCUT2D eigenvalue weighted by atomic mass is 10.1. The van der Waals surface area contributed by atoms with E-state index in [-0.39, 0.29) is 23.3 Å². The van der Waals surface area contributed by atoms with Crippen molar-refractivity contribution >= 4 is 23.2 Å². The van der Waals surface area contributed by atoms with E-state index in [2.05, 4.69) is 0 Å². The molecule has 5 nitrogen and oxygen atoms in total. The summed E-state index contributed by atoms with van der Waals surface area (Å²) in [5, 5.41) is 19.7. The topological polar surface area (TPSA) is 80.4 Å². The maximum Gasteiger partial charge on any atom is 0.283 e. The van der Waals surface area contributed by atoms with E-state index in [1.807, 2.05) is 0 Å². The smallest absolute Gasteiger partial charge is 0.283 e. The maximum absolute atomic E-state index is 11.1. The van der Waals surface area contributed by atoms with Crippen LogP contribution < -0.4 is 0 Å². The van der Waals surface area contributed by atoms with Gasteiger partial charge in [-0.1, -0.05) is 6.92 Å². The molecule has 17 heavy (non-hydrogen) atoms. The van der Waals surface area contributed by atoms with Crippen LogP contribution in [0, 0.1) is 10.1 Å². The Bertz CT molecular complexity index is 447. The summed E-state index contributed by atoms with van der Waals surface area (Å²) in [6, 6.07) is 4.38. The second kappa shape index (κ2) is 5.79. The molecule has 0 amide bonds. The second-order valence-corrected chi connectivity index (χ2v) is 5.09. The van der Waals surface area contributed by atoms with E-state index < -0.39 is 4.92 Å². The summed E-state index contributed by atoms with van der Waals surface area (Å²) in [5.74, 6) is -0.208. The molecule has 0 spiro atoms. The van der Waals surface area contributed by atoms with Gasteiger partial charge < -0.3 is 5.11 Å². The predicted molar refractivity (Wildman–Crippen MR) is 65.5 cm³/mol. The van der Waals surface area contributed by atoms with Gasteiger partial charge in [0.05, 0.1) is 16.4 Å². The van der Waals surface area contributed by atoms with E-state index in [1.54, 1.807) is 19.1 Å². The number of hydrogen-bond donors (Lipinski definition) is 1. The van der Waals surface area contributed by atoms with Crippen LogP contribution >= 0.6 is 11.8 Å². The lowest BCUT2D eigenvalue weighted by molar-refractivity contribution is -0.387. The maximum atomic E-state index is 11.1. The van der Waals surface area contributed by atoms with Gasteiger partial charge in [-0.15, -0.1) is 11.8 Å². The van der Waals surface area contributed by atoms with Gasteiger partial charge in [-0.05, 0) is 19.1 Å². The van der Waals surface area contributed by atoms with Gasteiger partial charge in [-0.2, -0.15) is 0 Å². The first kappa shape index (κ1) is 13.7. The normalized spacial score (nSPS) is 12.2. The Hall–Kier alpha value is -1.40. The van der Waals surface area contributed by atoms with Crippen LogP contribution in [0.1, 0.15) is 24.2 Å². The van der Waals surface area contributed by atoms with Gasteiger partial charge in [-0.3, -0.25) is 14.9 Å². The molecule has 0 bridgehead atoms. The monoisotopic (exact) mass is 255 g/mol. The molecule has 1 atom stereocenters. The van der Waals surface area contributed by atoms with Crippen molar-refractivity contribution < 1.29 is 14.8 Å². The number of benzene rings is 1. The zero-order chi connectivity index (χ0) is 13.0. The minimum absolute atomic E-state index is 0.0592. The number of carbonyl (C=O) groups is 1. The molecule has 92 valence electrons. The number of rotatable bonds is 5. The minimum Gasteiger partial charge on any atom is -0.395 e. The van der Waals surface area contributed by atoms with Crippen LogP contribution in [0.15, 0.2) is 23.1 Å². The third-order valence-electron chi connectivity index (χ3n) is 2.15. The average molecular weight is 255 g/mol. The lowest BCUT2D eigenvalue weighted by Gasteiger charge is -2.08. The highest BCUT2D eigenvalue weighted by atomic mass is 32.2. The number of thioether (sulfide) groups is 1. The van der Waals surface area contributed by atoms with Gasteiger partial charge in [0.25, 0.3) is 5.69 Å². The molecule has 0 saturated heterocycles. The standard InChI is InChI=1S/C11H13NO4S/c1-7(6-13)17-11-4-3-9(8(2)14)5-10(11)12(15)16/h3-5,7,13H,6H2,1-2H3/t7-/m1/s1. The Balaban J connectivity index is 3.13. The summed E-state index contributed by atoms with van der Waals surface area (Å²) in [6.07, 6.45) is 0. The number of carbonyl (C=O) groups excluding carboxylic acids is 1. The quantitative estimate of drug-likeness (QED) is 0.378. The molecule has 0 fully saturated rings. The molecule has 0 aliphatic carbocycles. The number of nitro groups is 1. The summed E-state index contributed by atoms with van der Waals surface area (Å²) in [5.41, 5.74) is 0.223. The number of Topliss-reactive ketones (excluding diaryl/α,β-unsaturated/α-hetero) is 1. The highest BCUT2D eigenvalue weighted by Crippen LogP contribution is 2.32. The summed E-state index contributed by atoms with van der Waals surface area (Å²) >= 11 is 1.22. The van der Waals surface area contributed by atoms with E-state index >= 15 is 0 Å². The number of aliphatic hydroxyl groups excluding tert-OH is 1. The molecule has 6 heteroatoms. The van der Waals surface area contributed by atoms with Crippen molar-refractivity contribution in [3.05, 3.63) is 33.9 Å². The Labute approximate surface area is 103 Å². The Kier molecular flexibility index (Phi) is 4.65. The number of nitro benzene ring substituents is 1. The van der Waals surface area contributed by atoms with Crippen LogP contribution in [0.2, 0.25) is 0 Å². The minimum atomic E-state index is -0.515. The third-order valence-corrected chi connectivity index (χ3v) is 3.30. The third kappa shape index (κ3) is 3.54. The lowest BCUT2D eigenvalue weighted by Crippen LogP contribution is -2.03. The van der Waals surface area contributed by atoms with Crippen LogP contribution in [0.4, 0.5) is 5.69 Å². The molecule has 0 aliphatic heterocycles. The highest BCUT2D eigenvalue weighted by molar-refractivity contribution is 8.00. The van der Waals surface area contributed by atoms with Crippen molar-refractivity contribution in [2.24, 2.45) is 0 Å². The summed E-state index contributed by atoms with van der Waals surface area (Å²) in [7, 11) is 0. The van der Waals surface area contributed by atoms with Gasteiger partial charge in [0.15, 0.2) is 5.78 Å². The van der Waals surface area contributed by atoms with Crippen LogP contribution in [0.5, 0.6) is 0 Å². The van der Waals surface area contributed by atoms with Crippen molar-refractivity contribution in [1.82, 2.24) is 0 Å². The van der Waals surface area contributed by atoms with Crippen molar-refractivity contribution in [2.75, 3.05) is 6.61 Å². The molecular formula is C11H13NO4S. The molecule has 0 aromatic heterocycles. The van der Waals surface area contributed by atoms with Gasteiger partial charge in [0, 0.05) is 16.9 Å². The fourth-order valence-electron chi connectivity index (χ4n) is 1.23. The van der Waals surface area contributed by atoms with E-state index in [4.69, 9.17) is 5.11 Å². The molecule has 0 saturated carbocycles.